The molecule has 1 N–H and O–H groups in total. The van der Waals surface area contributed by atoms with Crippen LogP contribution >= 0.6 is 11.3 Å². The molecule has 0 saturated carbocycles. The molecule has 3 rings (SSSR count). The topological polar surface area (TPSA) is 94.3 Å². The van der Waals surface area contributed by atoms with Gasteiger partial charge in [-0.05, 0) is 42.7 Å². The van der Waals surface area contributed by atoms with Gasteiger partial charge >= 0.3 is 0 Å². The summed E-state index contributed by atoms with van der Waals surface area (Å²) in [5.41, 5.74) is 1.03. The molecular weight excluding hydrogens is 390 g/mol. The Hall–Kier alpha value is -3.00. The Bertz CT molecular complexity index is 920. The summed E-state index contributed by atoms with van der Waals surface area (Å²) in [6.45, 7) is 0. The lowest BCUT2D eigenvalue weighted by atomic mass is 10.1. The molecule has 0 fully saturated rings. The zero-order valence-electron chi connectivity index (χ0n) is 16.2. The summed E-state index contributed by atoms with van der Waals surface area (Å²) in [6, 6.07) is 7.72. The van der Waals surface area contributed by atoms with Gasteiger partial charge in [0.25, 0.3) is 5.89 Å². The summed E-state index contributed by atoms with van der Waals surface area (Å²) in [5.74, 6) is 0.844. The van der Waals surface area contributed by atoms with Gasteiger partial charge in [0.2, 0.25) is 11.7 Å². The molecule has 1 aromatic carbocycles. The summed E-state index contributed by atoms with van der Waals surface area (Å²) in [6.07, 6.45) is 8.79. The molecule has 0 aliphatic carbocycles. The number of unbranched alkanes of at least 4 members (excludes halogenated alkanes) is 3. The second-order valence-electron chi connectivity index (χ2n) is 6.48. The van der Waals surface area contributed by atoms with E-state index in [0.29, 0.717) is 18.0 Å². The van der Waals surface area contributed by atoms with Crippen LogP contribution in [0.2, 0.25) is 0 Å². The number of ether oxygens (including phenoxy) is 1. The van der Waals surface area contributed by atoms with Gasteiger partial charge in [0.1, 0.15) is 12.0 Å². The lowest BCUT2D eigenvalue weighted by Crippen LogP contribution is -2.10. The van der Waals surface area contributed by atoms with E-state index in [0.717, 1.165) is 41.9 Å². The number of anilines is 1. The molecule has 29 heavy (non-hydrogen) atoms. The smallest absolute Gasteiger partial charge is 0.263 e. The number of ketones is 1. The monoisotopic (exact) mass is 413 g/mol. The van der Waals surface area contributed by atoms with Crippen molar-refractivity contribution >= 4 is 28.2 Å². The quantitative estimate of drug-likeness (QED) is 0.352. The highest BCUT2D eigenvalue weighted by Gasteiger charge is 2.10. The number of thiazole rings is 1. The third kappa shape index (κ3) is 6.25. The van der Waals surface area contributed by atoms with Crippen LogP contribution in [0.3, 0.4) is 0 Å². The number of oxazole rings is 1. The number of rotatable bonds is 11. The Kier molecular flexibility index (Phi) is 7.52. The summed E-state index contributed by atoms with van der Waals surface area (Å²) in [5, 5.41) is 3.45. The number of amides is 1. The van der Waals surface area contributed by atoms with Crippen molar-refractivity contribution in [2.45, 2.75) is 38.5 Å². The number of methoxy groups -OCH3 is 1. The molecule has 0 unspecified atom stereocenters. The average molecular weight is 413 g/mol. The predicted molar refractivity (Wildman–Crippen MR) is 111 cm³/mol. The number of hydrogen-bond acceptors (Lipinski definition) is 7. The van der Waals surface area contributed by atoms with Crippen molar-refractivity contribution in [3.8, 4) is 16.2 Å². The Labute approximate surface area is 173 Å². The van der Waals surface area contributed by atoms with Gasteiger partial charge in [-0.25, -0.2) is 9.97 Å². The minimum Gasteiger partial charge on any atom is -0.497 e. The maximum absolute atomic E-state index is 12.1. The Morgan fingerprint density at radius 2 is 1.83 bits per heavy atom. The number of nitrogens with one attached hydrogen (secondary N) is 1. The van der Waals surface area contributed by atoms with E-state index in [1.54, 1.807) is 13.3 Å². The van der Waals surface area contributed by atoms with E-state index in [-0.39, 0.29) is 17.6 Å². The molecule has 1 amide bonds. The molecule has 8 heteroatoms. The number of nitrogens with zero attached hydrogens (tertiary/aromatic N) is 2. The molecule has 7 nitrogen and oxygen atoms in total. The molecule has 0 atom stereocenters. The van der Waals surface area contributed by atoms with Gasteiger partial charge in [0.15, 0.2) is 5.13 Å². The van der Waals surface area contributed by atoms with Crippen molar-refractivity contribution in [3.05, 3.63) is 48.8 Å². The highest BCUT2D eigenvalue weighted by molar-refractivity contribution is 7.19. The number of carbonyl (C=O) groups is 2. The molecule has 0 radical (unpaired) electrons. The largest absolute Gasteiger partial charge is 0.497 e. The Balaban J connectivity index is 1.33. The van der Waals surface area contributed by atoms with Crippen LogP contribution < -0.4 is 10.1 Å². The van der Waals surface area contributed by atoms with Crippen molar-refractivity contribution in [1.29, 1.82) is 0 Å². The van der Waals surface area contributed by atoms with E-state index in [4.69, 9.17) is 9.15 Å². The van der Waals surface area contributed by atoms with E-state index in [2.05, 4.69) is 15.3 Å². The van der Waals surface area contributed by atoms with Gasteiger partial charge in [-0.2, -0.15) is 0 Å². The van der Waals surface area contributed by atoms with Crippen LogP contribution in [0.5, 0.6) is 5.75 Å². The summed E-state index contributed by atoms with van der Waals surface area (Å²) < 4.78 is 10.1. The Morgan fingerprint density at radius 1 is 1.07 bits per heavy atom. The molecule has 0 bridgehead atoms. The number of carbonyl (C=O) groups excluding carboxylic acids is 2. The van der Waals surface area contributed by atoms with Gasteiger partial charge in [0.05, 0.1) is 18.2 Å². The van der Waals surface area contributed by atoms with Crippen molar-refractivity contribution in [3.63, 3.8) is 0 Å². The van der Waals surface area contributed by atoms with Crippen LogP contribution in [0.4, 0.5) is 5.13 Å². The first-order valence-electron chi connectivity index (χ1n) is 9.48. The first-order valence-corrected chi connectivity index (χ1v) is 10.3. The van der Waals surface area contributed by atoms with E-state index in [9.17, 15) is 9.59 Å². The van der Waals surface area contributed by atoms with Crippen LogP contribution in [0.1, 0.15) is 49.2 Å². The molecule has 0 spiro atoms. The van der Waals surface area contributed by atoms with E-state index >= 15 is 0 Å². The molecule has 0 aliphatic heterocycles. The maximum Gasteiger partial charge on any atom is 0.263 e. The van der Waals surface area contributed by atoms with Crippen LogP contribution in [-0.4, -0.2) is 28.8 Å². The molecule has 2 aromatic heterocycles. The first-order chi connectivity index (χ1) is 14.2. The summed E-state index contributed by atoms with van der Waals surface area (Å²) in [4.78, 5) is 33.0. The first kappa shape index (κ1) is 20.7. The predicted octanol–water partition coefficient (Wildman–Crippen LogP) is 4.97. The van der Waals surface area contributed by atoms with Gasteiger partial charge in [-0.1, -0.05) is 24.2 Å². The van der Waals surface area contributed by atoms with Gasteiger partial charge in [-0.15, -0.1) is 0 Å². The highest BCUT2D eigenvalue weighted by Crippen LogP contribution is 2.30. The van der Waals surface area contributed by atoms with Crippen molar-refractivity contribution in [1.82, 2.24) is 9.97 Å². The number of Topliss-reactive ketones (excluding diaryl/α,β-unsaturated/α-hetero) is 1. The number of benzene rings is 1. The number of hydrogen-bond donors (Lipinski definition) is 1. The SMILES string of the molecule is COc1ccc(-c2cnc(NC(=O)CCCCCCC(=O)c3ncco3)s2)cc1. The third-order valence-corrected chi connectivity index (χ3v) is 5.32. The Morgan fingerprint density at radius 3 is 2.52 bits per heavy atom. The van der Waals surface area contributed by atoms with E-state index < -0.39 is 0 Å². The van der Waals surface area contributed by atoms with Crippen LogP contribution in [0.15, 0.2) is 47.3 Å². The highest BCUT2D eigenvalue weighted by atomic mass is 32.1. The van der Waals surface area contributed by atoms with Gasteiger partial charge < -0.3 is 14.5 Å². The van der Waals surface area contributed by atoms with E-state index in [1.807, 2.05) is 24.3 Å². The minimum absolute atomic E-state index is 0.0449. The van der Waals surface area contributed by atoms with Crippen molar-refractivity contribution < 1.29 is 18.7 Å². The van der Waals surface area contributed by atoms with Crippen molar-refractivity contribution in [2.24, 2.45) is 0 Å². The fourth-order valence-corrected chi connectivity index (χ4v) is 3.63. The molecule has 0 aliphatic rings. The number of aromatic nitrogens is 2. The summed E-state index contributed by atoms with van der Waals surface area (Å²) in [7, 11) is 1.63. The fourth-order valence-electron chi connectivity index (χ4n) is 2.80. The van der Waals surface area contributed by atoms with Gasteiger partial charge in [0, 0.05) is 19.0 Å². The molecule has 3 aromatic rings. The standard InChI is InChI=1S/C21H23N3O4S/c1-27-16-10-8-15(9-11-16)18-14-23-21(29-18)24-19(26)7-5-3-2-4-6-17(25)20-22-12-13-28-20/h8-14H,2-7H2,1H3,(H,23,24,26). The third-order valence-electron chi connectivity index (χ3n) is 4.36. The molecular formula is C21H23N3O4S. The average Bonchev–Trinajstić information content (AvgIpc) is 3.43. The normalized spacial score (nSPS) is 10.7. The molecule has 2 heterocycles. The maximum atomic E-state index is 12.1. The van der Waals surface area contributed by atoms with E-state index in [1.165, 1.54) is 23.8 Å². The van der Waals surface area contributed by atoms with Crippen LogP contribution in [0, 0.1) is 0 Å². The fraction of sp³-hybridized carbons (Fsp3) is 0.333. The second kappa shape index (κ2) is 10.5. The summed E-state index contributed by atoms with van der Waals surface area (Å²) >= 11 is 1.44. The lowest BCUT2D eigenvalue weighted by Gasteiger charge is -2.02. The van der Waals surface area contributed by atoms with Gasteiger partial charge in [-0.3, -0.25) is 9.59 Å². The van der Waals surface area contributed by atoms with Crippen LogP contribution in [-0.2, 0) is 4.79 Å². The molecule has 152 valence electrons. The molecule has 0 saturated heterocycles. The zero-order chi connectivity index (χ0) is 20.5. The zero-order valence-corrected chi connectivity index (χ0v) is 17.0. The second-order valence-corrected chi connectivity index (χ2v) is 7.51. The lowest BCUT2D eigenvalue weighted by molar-refractivity contribution is -0.116. The minimum atomic E-state index is -0.0795. The van der Waals surface area contributed by atoms with Crippen molar-refractivity contribution in [2.75, 3.05) is 12.4 Å². The van der Waals surface area contributed by atoms with Crippen LogP contribution in [0.25, 0.3) is 10.4 Å².